The number of amides is 1. The summed E-state index contributed by atoms with van der Waals surface area (Å²) in [6.07, 6.45) is 2.55. The summed E-state index contributed by atoms with van der Waals surface area (Å²) >= 11 is 0. The fourth-order valence-electron chi connectivity index (χ4n) is 3.21. The van der Waals surface area contributed by atoms with Crippen LogP contribution in [0.15, 0.2) is 0 Å². The van der Waals surface area contributed by atoms with E-state index in [4.69, 9.17) is 0 Å². The normalized spacial score (nSPS) is 30.6. The van der Waals surface area contributed by atoms with Gasteiger partial charge in [-0.1, -0.05) is 20.8 Å². The maximum Gasteiger partial charge on any atom is 0.263 e. The highest BCUT2D eigenvalue weighted by molar-refractivity contribution is 5.84. The molecule has 22 heavy (non-hydrogen) atoms. The lowest BCUT2D eigenvalue weighted by molar-refractivity contribution is -0.139. The first-order valence-corrected chi connectivity index (χ1v) is 7.94. The van der Waals surface area contributed by atoms with E-state index in [0.29, 0.717) is 18.2 Å². The average Bonchev–Trinajstić information content (AvgIpc) is 2.85. The minimum atomic E-state index is -2.86. The zero-order valence-electron chi connectivity index (χ0n) is 13.1. The van der Waals surface area contributed by atoms with Crippen molar-refractivity contribution in [3.63, 3.8) is 0 Å². The molecule has 2 heterocycles. The minimum Gasteiger partial charge on any atom is -0.332 e. The predicted molar refractivity (Wildman–Crippen MR) is 76.4 cm³/mol. The Kier molecular flexibility index (Phi) is 3.69. The molecule has 1 amide bonds. The van der Waals surface area contributed by atoms with Gasteiger partial charge in [-0.3, -0.25) is 9.89 Å². The van der Waals surface area contributed by atoms with Crippen LogP contribution in [0, 0.1) is 11.8 Å². The smallest absolute Gasteiger partial charge is 0.263 e. The molecule has 1 aromatic rings. The molecule has 0 spiro atoms. The zero-order valence-corrected chi connectivity index (χ0v) is 13.1. The number of nitrogens with one attached hydrogen (secondary N) is 1. The molecule has 122 valence electrons. The Hall–Kier alpha value is -1.53. The summed E-state index contributed by atoms with van der Waals surface area (Å²) in [5.41, 5.74) is 0. The molecule has 0 aromatic carbocycles. The van der Waals surface area contributed by atoms with Crippen LogP contribution >= 0.6 is 0 Å². The Morgan fingerprint density at radius 2 is 2.09 bits per heavy atom. The van der Waals surface area contributed by atoms with Crippen LogP contribution in [0.25, 0.3) is 0 Å². The van der Waals surface area contributed by atoms with Crippen LogP contribution in [0.5, 0.6) is 0 Å². The minimum absolute atomic E-state index is 0.186. The maximum absolute atomic E-state index is 13.6. The van der Waals surface area contributed by atoms with E-state index in [0.717, 1.165) is 19.3 Å². The van der Waals surface area contributed by atoms with Crippen molar-refractivity contribution in [2.75, 3.05) is 6.54 Å². The van der Waals surface area contributed by atoms with Crippen molar-refractivity contribution < 1.29 is 13.6 Å². The topological polar surface area (TPSA) is 61.9 Å². The van der Waals surface area contributed by atoms with Crippen LogP contribution < -0.4 is 0 Å². The lowest BCUT2D eigenvalue weighted by Gasteiger charge is -2.34. The summed E-state index contributed by atoms with van der Waals surface area (Å²) in [5.74, 6) is -3.82. The van der Waals surface area contributed by atoms with Gasteiger partial charge in [0.2, 0.25) is 5.91 Å². The Labute approximate surface area is 128 Å². The van der Waals surface area contributed by atoms with Crippen LogP contribution in [0.4, 0.5) is 8.78 Å². The molecule has 2 fully saturated rings. The first-order chi connectivity index (χ1) is 10.3. The van der Waals surface area contributed by atoms with Gasteiger partial charge in [-0.25, -0.2) is 13.8 Å². The number of hydrogen-bond acceptors (Lipinski definition) is 3. The van der Waals surface area contributed by atoms with Crippen LogP contribution in [-0.2, 0) is 4.79 Å². The first kappa shape index (κ1) is 15.4. The molecule has 5 nitrogen and oxygen atoms in total. The number of halogens is 2. The van der Waals surface area contributed by atoms with Crippen LogP contribution in [0.3, 0.4) is 0 Å². The molecule has 1 aliphatic carbocycles. The van der Waals surface area contributed by atoms with Gasteiger partial charge in [0.05, 0.1) is 6.04 Å². The molecule has 1 aromatic heterocycles. The summed E-state index contributed by atoms with van der Waals surface area (Å²) in [6.45, 7) is 5.93. The number of hydrogen-bond donors (Lipinski definition) is 1. The van der Waals surface area contributed by atoms with Crippen molar-refractivity contribution in [2.45, 2.75) is 57.9 Å². The molecule has 0 radical (unpaired) electrons. The Morgan fingerprint density at radius 3 is 2.64 bits per heavy atom. The number of carbonyl (C=O) groups is 1. The van der Waals surface area contributed by atoms with Crippen LogP contribution in [0.2, 0.25) is 0 Å². The molecule has 3 atom stereocenters. The fourth-order valence-corrected chi connectivity index (χ4v) is 3.21. The second kappa shape index (κ2) is 5.28. The molecule has 1 N–H and O–H groups in total. The van der Waals surface area contributed by atoms with Crippen molar-refractivity contribution >= 4 is 5.91 Å². The van der Waals surface area contributed by atoms with Crippen molar-refractivity contribution in [3.8, 4) is 0 Å². The second-order valence-corrected chi connectivity index (χ2v) is 6.72. The predicted octanol–water partition coefficient (Wildman–Crippen LogP) is 2.88. The number of nitrogens with zero attached hydrogens (tertiary/aromatic N) is 3. The zero-order chi connectivity index (χ0) is 16.1. The third-order valence-corrected chi connectivity index (χ3v) is 4.82. The highest BCUT2D eigenvalue weighted by atomic mass is 19.3. The van der Waals surface area contributed by atoms with Gasteiger partial charge < -0.3 is 4.90 Å². The summed E-state index contributed by atoms with van der Waals surface area (Å²) in [5, 5.41) is 7.06. The largest absolute Gasteiger partial charge is 0.332 e. The Morgan fingerprint density at radius 1 is 1.41 bits per heavy atom. The molecule has 3 rings (SSSR count). The van der Waals surface area contributed by atoms with E-state index in [2.05, 4.69) is 15.2 Å². The third kappa shape index (κ3) is 2.40. The number of rotatable bonds is 3. The van der Waals surface area contributed by atoms with Crippen molar-refractivity contribution in [1.29, 1.82) is 0 Å². The Balaban J connectivity index is 1.81. The quantitative estimate of drug-likeness (QED) is 0.933. The lowest BCUT2D eigenvalue weighted by atomic mass is 10.0. The summed E-state index contributed by atoms with van der Waals surface area (Å²) in [6, 6.07) is -0.259. The molecule has 0 bridgehead atoms. The van der Waals surface area contributed by atoms with E-state index >= 15 is 0 Å². The first-order valence-electron chi connectivity index (χ1n) is 7.94. The average molecular weight is 312 g/mol. The molecular formula is C15H22F2N4O. The lowest BCUT2D eigenvalue weighted by Crippen LogP contribution is -2.40. The maximum atomic E-state index is 13.6. The highest BCUT2D eigenvalue weighted by Gasteiger charge is 2.70. The van der Waals surface area contributed by atoms with Gasteiger partial charge in [0, 0.05) is 18.4 Å². The van der Waals surface area contributed by atoms with E-state index < -0.39 is 23.7 Å². The number of alkyl halides is 2. The molecule has 1 aliphatic heterocycles. The number of piperidine rings is 1. The van der Waals surface area contributed by atoms with Gasteiger partial charge >= 0.3 is 0 Å². The molecule has 2 aliphatic rings. The summed E-state index contributed by atoms with van der Waals surface area (Å²) < 4.78 is 27.1. The number of aromatic nitrogens is 3. The second-order valence-electron chi connectivity index (χ2n) is 6.72. The van der Waals surface area contributed by atoms with Gasteiger partial charge in [0.25, 0.3) is 5.92 Å². The molecule has 3 unspecified atom stereocenters. The third-order valence-electron chi connectivity index (χ3n) is 4.82. The van der Waals surface area contributed by atoms with E-state index in [-0.39, 0.29) is 12.0 Å². The van der Waals surface area contributed by atoms with Gasteiger partial charge in [0.15, 0.2) is 5.82 Å². The highest BCUT2D eigenvalue weighted by Crippen LogP contribution is 2.56. The van der Waals surface area contributed by atoms with Crippen LogP contribution in [-0.4, -0.2) is 38.5 Å². The number of carbonyl (C=O) groups excluding carboxylic acids is 1. The van der Waals surface area contributed by atoms with Crippen molar-refractivity contribution in [2.24, 2.45) is 11.8 Å². The number of aromatic amines is 1. The molecule has 7 heteroatoms. The van der Waals surface area contributed by atoms with E-state index in [1.807, 2.05) is 13.8 Å². The van der Waals surface area contributed by atoms with Crippen LogP contribution in [0.1, 0.15) is 63.6 Å². The van der Waals surface area contributed by atoms with Crippen molar-refractivity contribution in [1.82, 2.24) is 20.1 Å². The molecule has 1 saturated heterocycles. The fraction of sp³-hybridized carbons (Fsp3) is 0.800. The molecular weight excluding hydrogens is 290 g/mol. The Bertz CT molecular complexity index is 572. The molecule has 1 saturated carbocycles. The SMILES string of the molecule is CC(C)c1n[nH]c(C2CCCCN2C(=O)C2C(C)C2(F)F)n1. The van der Waals surface area contributed by atoms with E-state index in [1.165, 1.54) is 6.92 Å². The standard InChI is InChI=1S/C15H22F2N4O/c1-8(2)12-18-13(20-19-12)10-6-4-5-7-21(10)14(22)11-9(3)15(11,16)17/h8-11H,4-7H2,1-3H3,(H,18,19,20). The van der Waals surface area contributed by atoms with E-state index in [9.17, 15) is 13.6 Å². The van der Waals surface area contributed by atoms with Gasteiger partial charge in [-0.15, -0.1) is 0 Å². The van der Waals surface area contributed by atoms with Gasteiger partial charge in [-0.2, -0.15) is 5.10 Å². The van der Waals surface area contributed by atoms with Gasteiger partial charge in [-0.05, 0) is 19.3 Å². The van der Waals surface area contributed by atoms with E-state index in [1.54, 1.807) is 4.90 Å². The summed E-state index contributed by atoms with van der Waals surface area (Å²) in [7, 11) is 0. The van der Waals surface area contributed by atoms with Gasteiger partial charge in [0.1, 0.15) is 11.7 Å². The summed E-state index contributed by atoms with van der Waals surface area (Å²) in [4.78, 5) is 18.5. The number of H-pyrrole nitrogens is 1. The van der Waals surface area contributed by atoms with Crippen molar-refractivity contribution in [3.05, 3.63) is 11.6 Å². The monoisotopic (exact) mass is 312 g/mol. The number of likely N-dealkylation sites (tertiary alicyclic amines) is 1.